The Morgan fingerprint density at radius 1 is 1.62 bits per heavy atom. The Morgan fingerprint density at radius 3 is 2.77 bits per heavy atom. The molecule has 0 amide bonds. The number of ketones is 1. The molecule has 0 bridgehead atoms. The van der Waals surface area contributed by atoms with E-state index in [-0.39, 0.29) is 23.1 Å². The van der Waals surface area contributed by atoms with Crippen molar-refractivity contribution in [3.8, 4) is 5.75 Å². The fourth-order valence-electron chi connectivity index (χ4n) is 1.07. The largest absolute Gasteiger partial charge is 0.506 e. The Hall–Kier alpha value is -1.06. The molecule has 0 aliphatic heterocycles. The van der Waals surface area contributed by atoms with Gasteiger partial charge < -0.3 is 10.8 Å². The van der Waals surface area contributed by atoms with Crippen molar-refractivity contribution in [3.63, 3.8) is 0 Å². The van der Waals surface area contributed by atoms with Gasteiger partial charge in [0.15, 0.2) is 5.78 Å². The summed E-state index contributed by atoms with van der Waals surface area (Å²) in [6.07, 6.45) is 0. The van der Waals surface area contributed by atoms with E-state index in [1.165, 1.54) is 6.07 Å². The van der Waals surface area contributed by atoms with Crippen molar-refractivity contribution in [2.75, 3.05) is 6.54 Å². The standard InChI is InChI=1S/C9H10ClNO2/c1-5-2-7(10)8(12)3-6(5)9(13)4-11/h2-3,12H,4,11H2,1H3. The Bertz CT molecular complexity index is 350. The molecule has 4 heteroatoms. The van der Waals surface area contributed by atoms with Crippen molar-refractivity contribution in [2.45, 2.75) is 6.92 Å². The first-order valence-corrected chi connectivity index (χ1v) is 4.16. The predicted molar refractivity (Wildman–Crippen MR) is 51.2 cm³/mol. The highest BCUT2D eigenvalue weighted by atomic mass is 35.5. The number of carbonyl (C=O) groups is 1. The minimum atomic E-state index is -0.204. The molecule has 13 heavy (non-hydrogen) atoms. The first-order chi connectivity index (χ1) is 6.06. The number of Topliss-reactive ketones (excluding diaryl/α,β-unsaturated/α-hetero) is 1. The molecule has 0 saturated carbocycles. The van der Waals surface area contributed by atoms with Crippen LogP contribution in [0.25, 0.3) is 0 Å². The van der Waals surface area contributed by atoms with Crippen LogP contribution < -0.4 is 5.73 Å². The quantitative estimate of drug-likeness (QED) is 0.710. The van der Waals surface area contributed by atoms with Crippen LogP contribution in [0.1, 0.15) is 15.9 Å². The lowest BCUT2D eigenvalue weighted by Crippen LogP contribution is -2.14. The van der Waals surface area contributed by atoms with Gasteiger partial charge in [-0.25, -0.2) is 0 Å². The molecule has 0 aromatic heterocycles. The van der Waals surface area contributed by atoms with Gasteiger partial charge in [-0.15, -0.1) is 0 Å². The molecule has 0 spiro atoms. The van der Waals surface area contributed by atoms with Gasteiger partial charge in [0, 0.05) is 5.56 Å². The summed E-state index contributed by atoms with van der Waals surface area (Å²) in [5.41, 5.74) is 6.34. The van der Waals surface area contributed by atoms with E-state index in [0.29, 0.717) is 5.56 Å². The zero-order chi connectivity index (χ0) is 10.0. The molecule has 0 fully saturated rings. The number of halogens is 1. The molecule has 0 aliphatic carbocycles. The van der Waals surface area contributed by atoms with E-state index in [4.69, 9.17) is 17.3 Å². The SMILES string of the molecule is Cc1cc(Cl)c(O)cc1C(=O)CN. The van der Waals surface area contributed by atoms with Crippen molar-refractivity contribution in [1.82, 2.24) is 0 Å². The van der Waals surface area contributed by atoms with Crippen molar-refractivity contribution in [2.24, 2.45) is 5.73 Å². The topological polar surface area (TPSA) is 63.3 Å². The summed E-state index contributed by atoms with van der Waals surface area (Å²) < 4.78 is 0. The number of benzene rings is 1. The van der Waals surface area contributed by atoms with Crippen LogP contribution in [0.4, 0.5) is 0 Å². The van der Waals surface area contributed by atoms with Crippen LogP contribution in [0.2, 0.25) is 5.02 Å². The second kappa shape index (κ2) is 3.77. The van der Waals surface area contributed by atoms with E-state index < -0.39 is 0 Å². The first-order valence-electron chi connectivity index (χ1n) is 3.78. The summed E-state index contributed by atoms with van der Waals surface area (Å²) in [6.45, 7) is 1.68. The van der Waals surface area contributed by atoms with Crippen molar-refractivity contribution in [3.05, 3.63) is 28.3 Å². The maximum atomic E-state index is 11.2. The minimum Gasteiger partial charge on any atom is -0.506 e. The molecule has 0 atom stereocenters. The highest BCUT2D eigenvalue weighted by Crippen LogP contribution is 2.26. The molecule has 1 aromatic carbocycles. The smallest absolute Gasteiger partial charge is 0.176 e. The first kappa shape index (κ1) is 10.0. The highest BCUT2D eigenvalue weighted by Gasteiger charge is 2.10. The summed E-state index contributed by atoms with van der Waals surface area (Å²) >= 11 is 5.64. The summed E-state index contributed by atoms with van der Waals surface area (Å²) in [5, 5.41) is 9.49. The molecule has 0 heterocycles. The molecule has 1 aromatic rings. The third-order valence-electron chi connectivity index (χ3n) is 1.78. The van der Waals surface area contributed by atoms with Gasteiger partial charge in [-0.3, -0.25) is 4.79 Å². The van der Waals surface area contributed by atoms with Gasteiger partial charge >= 0.3 is 0 Å². The summed E-state index contributed by atoms with van der Waals surface area (Å²) in [6, 6.07) is 2.88. The number of hydrogen-bond acceptors (Lipinski definition) is 3. The number of nitrogens with two attached hydrogens (primary N) is 1. The molecular formula is C9H10ClNO2. The van der Waals surface area contributed by atoms with Crippen molar-refractivity contribution < 1.29 is 9.90 Å². The van der Waals surface area contributed by atoms with E-state index in [2.05, 4.69) is 0 Å². The zero-order valence-electron chi connectivity index (χ0n) is 7.17. The van der Waals surface area contributed by atoms with E-state index in [9.17, 15) is 9.90 Å². The van der Waals surface area contributed by atoms with Crippen LogP contribution in [0.5, 0.6) is 5.75 Å². The molecule has 70 valence electrons. The van der Waals surface area contributed by atoms with Gasteiger partial charge in [0.1, 0.15) is 5.75 Å². The summed E-state index contributed by atoms with van der Waals surface area (Å²) in [4.78, 5) is 11.2. The molecular weight excluding hydrogens is 190 g/mol. The lowest BCUT2D eigenvalue weighted by molar-refractivity contribution is 0.100. The van der Waals surface area contributed by atoms with Crippen LogP contribution in [-0.2, 0) is 0 Å². The average Bonchev–Trinajstić information content (AvgIpc) is 2.10. The second-order valence-corrected chi connectivity index (χ2v) is 3.15. The zero-order valence-corrected chi connectivity index (χ0v) is 7.93. The van der Waals surface area contributed by atoms with E-state index in [1.54, 1.807) is 13.0 Å². The number of aromatic hydroxyl groups is 1. The summed E-state index contributed by atoms with van der Waals surface area (Å²) in [7, 11) is 0. The number of phenols is 1. The Balaban J connectivity index is 3.23. The van der Waals surface area contributed by atoms with Crippen molar-refractivity contribution in [1.29, 1.82) is 0 Å². The van der Waals surface area contributed by atoms with Crippen LogP contribution in [0.15, 0.2) is 12.1 Å². The Labute approximate surface area is 81.1 Å². The maximum Gasteiger partial charge on any atom is 0.176 e. The minimum absolute atomic E-state index is 0.0675. The van der Waals surface area contributed by atoms with Crippen LogP contribution in [-0.4, -0.2) is 17.4 Å². The molecule has 0 unspecified atom stereocenters. The van der Waals surface area contributed by atoms with E-state index in [1.807, 2.05) is 0 Å². The number of carbonyl (C=O) groups excluding carboxylic acids is 1. The normalized spacial score (nSPS) is 10.1. The van der Waals surface area contributed by atoms with Gasteiger partial charge in [-0.2, -0.15) is 0 Å². The van der Waals surface area contributed by atoms with Gasteiger partial charge in [0.25, 0.3) is 0 Å². The molecule has 3 nitrogen and oxygen atoms in total. The monoisotopic (exact) mass is 199 g/mol. The number of aryl methyl sites for hydroxylation is 1. The van der Waals surface area contributed by atoms with E-state index in [0.717, 1.165) is 5.56 Å². The third-order valence-corrected chi connectivity index (χ3v) is 2.08. The Morgan fingerprint density at radius 2 is 2.23 bits per heavy atom. The fraction of sp³-hybridized carbons (Fsp3) is 0.222. The van der Waals surface area contributed by atoms with Crippen LogP contribution in [0, 0.1) is 6.92 Å². The number of hydrogen-bond donors (Lipinski definition) is 2. The molecule has 1 rings (SSSR count). The second-order valence-electron chi connectivity index (χ2n) is 2.75. The maximum absolute atomic E-state index is 11.2. The Kier molecular flexibility index (Phi) is 2.90. The molecule has 0 radical (unpaired) electrons. The third kappa shape index (κ3) is 1.99. The van der Waals surface area contributed by atoms with Crippen molar-refractivity contribution >= 4 is 17.4 Å². The summed E-state index contributed by atoms with van der Waals surface area (Å²) in [5.74, 6) is -0.298. The lowest BCUT2D eigenvalue weighted by atomic mass is 10.0. The van der Waals surface area contributed by atoms with Crippen LogP contribution in [0.3, 0.4) is 0 Å². The number of rotatable bonds is 2. The van der Waals surface area contributed by atoms with Crippen LogP contribution >= 0.6 is 11.6 Å². The highest BCUT2D eigenvalue weighted by molar-refractivity contribution is 6.32. The molecule has 0 aliphatic rings. The van der Waals surface area contributed by atoms with Gasteiger partial charge in [0.05, 0.1) is 11.6 Å². The van der Waals surface area contributed by atoms with Gasteiger partial charge in [-0.05, 0) is 24.6 Å². The fourth-order valence-corrected chi connectivity index (χ4v) is 1.29. The predicted octanol–water partition coefficient (Wildman–Crippen LogP) is 1.50. The van der Waals surface area contributed by atoms with E-state index >= 15 is 0 Å². The van der Waals surface area contributed by atoms with Gasteiger partial charge in [0.2, 0.25) is 0 Å². The lowest BCUT2D eigenvalue weighted by Gasteiger charge is -2.05. The number of phenolic OH excluding ortho intramolecular Hbond substituents is 1. The molecule has 3 N–H and O–H groups in total. The van der Waals surface area contributed by atoms with Gasteiger partial charge in [-0.1, -0.05) is 11.6 Å². The molecule has 0 saturated heterocycles. The average molecular weight is 200 g/mol.